The second-order valence-electron chi connectivity index (χ2n) is 13.5. The fraction of sp³-hybridized carbons (Fsp3) is 0.342. The van der Waals surface area contributed by atoms with Gasteiger partial charge in [-0.25, -0.2) is 10.5 Å². The van der Waals surface area contributed by atoms with Crippen LogP contribution in [0.3, 0.4) is 0 Å². The fourth-order valence-electron chi connectivity index (χ4n) is 7.18. The quantitative estimate of drug-likeness (QED) is 0.0216. The van der Waals surface area contributed by atoms with Crippen LogP contribution in [-0.2, 0) is 39.7 Å². The van der Waals surface area contributed by atoms with Crippen LogP contribution < -0.4 is 4.90 Å². The van der Waals surface area contributed by atoms with E-state index in [2.05, 4.69) is 98.4 Å². The Balaban J connectivity index is 1.37. The Morgan fingerprint density at radius 1 is 0.865 bits per heavy atom. The molecule has 0 amide bonds. The van der Waals surface area contributed by atoms with Crippen LogP contribution in [0.25, 0.3) is 10.8 Å². The molecule has 0 bridgehead atoms. The summed E-state index contributed by atoms with van der Waals surface area (Å²) in [6, 6.07) is 18.4. The molecule has 0 saturated carbocycles. The van der Waals surface area contributed by atoms with Crippen molar-refractivity contribution in [2.24, 2.45) is 0 Å². The van der Waals surface area contributed by atoms with Crippen molar-refractivity contribution >= 4 is 62.1 Å². The number of hydrogen-bond donors (Lipinski definition) is 3. The van der Waals surface area contributed by atoms with Crippen LogP contribution in [0.1, 0.15) is 58.1 Å². The SMILES string of the molecule is CC1(C)C(/C=C/C=C/C=C/C=C2/N(CCCS(=O)(=O)O)c3ccccc3C2(C)C)=[N+](CCCCSOOO)c2ccc3cc(SOOO)ccc3c21. The van der Waals surface area contributed by atoms with E-state index in [9.17, 15) is 13.0 Å². The van der Waals surface area contributed by atoms with Crippen molar-refractivity contribution in [3.8, 4) is 0 Å². The van der Waals surface area contributed by atoms with Crippen molar-refractivity contribution in [1.82, 2.24) is 0 Å². The van der Waals surface area contributed by atoms with Gasteiger partial charge in [0.15, 0.2) is 5.71 Å². The average Bonchev–Trinajstić information content (AvgIpc) is 3.46. The van der Waals surface area contributed by atoms with Gasteiger partial charge < -0.3 is 4.90 Å². The number of para-hydroxylation sites is 1. The second-order valence-corrected chi connectivity index (χ2v) is 16.6. The molecule has 14 heteroatoms. The highest BCUT2D eigenvalue weighted by Crippen LogP contribution is 2.48. The molecule has 0 radical (unpaired) electrons. The Morgan fingerprint density at radius 2 is 1.62 bits per heavy atom. The highest BCUT2D eigenvalue weighted by molar-refractivity contribution is 7.94. The van der Waals surface area contributed by atoms with Gasteiger partial charge >= 0.3 is 0 Å². The minimum Gasteiger partial charge on any atom is -0.344 e. The summed E-state index contributed by atoms with van der Waals surface area (Å²) in [5, 5.41) is 26.7. The summed E-state index contributed by atoms with van der Waals surface area (Å²) in [7, 11) is -4.04. The molecule has 278 valence electrons. The average molecular weight is 770 g/mol. The molecule has 0 spiro atoms. The number of unbranched alkanes of at least 4 members (excludes halogenated alkanes) is 1. The summed E-state index contributed by atoms with van der Waals surface area (Å²) in [6.45, 7) is 10.0. The van der Waals surface area contributed by atoms with Gasteiger partial charge in [-0.05, 0) is 73.4 Å². The van der Waals surface area contributed by atoms with E-state index >= 15 is 0 Å². The molecule has 0 fully saturated rings. The molecule has 3 aromatic rings. The zero-order valence-electron chi connectivity index (χ0n) is 29.6. The third-order valence-electron chi connectivity index (χ3n) is 9.45. The van der Waals surface area contributed by atoms with E-state index in [1.165, 1.54) is 11.1 Å². The molecule has 52 heavy (non-hydrogen) atoms. The Kier molecular flexibility index (Phi) is 13.6. The molecule has 0 unspecified atom stereocenters. The molecule has 2 heterocycles. The first-order valence-corrected chi connectivity index (χ1v) is 20.2. The first kappa shape index (κ1) is 39.9. The lowest BCUT2D eigenvalue weighted by molar-refractivity contribution is -0.438. The maximum Gasteiger partial charge on any atom is 0.264 e. The van der Waals surface area contributed by atoms with Crippen molar-refractivity contribution in [3.05, 3.63) is 114 Å². The van der Waals surface area contributed by atoms with Crippen molar-refractivity contribution in [1.29, 1.82) is 0 Å². The van der Waals surface area contributed by atoms with E-state index in [4.69, 9.17) is 10.5 Å². The monoisotopic (exact) mass is 769 g/mol. The van der Waals surface area contributed by atoms with Gasteiger partial charge in [-0.3, -0.25) is 4.55 Å². The van der Waals surface area contributed by atoms with Crippen LogP contribution in [0.5, 0.6) is 0 Å². The number of fused-ring (bicyclic) bond motifs is 4. The Morgan fingerprint density at radius 3 is 2.38 bits per heavy atom. The predicted octanol–water partition coefficient (Wildman–Crippen LogP) is 9.12. The summed E-state index contributed by atoms with van der Waals surface area (Å²) in [4.78, 5) is 2.94. The molecule has 5 rings (SSSR count). The first-order valence-electron chi connectivity index (χ1n) is 16.9. The number of anilines is 1. The molecule has 0 atom stereocenters. The second kappa shape index (κ2) is 17.7. The van der Waals surface area contributed by atoms with E-state index in [0.717, 1.165) is 81.9 Å². The summed E-state index contributed by atoms with van der Waals surface area (Å²) >= 11 is 1.99. The van der Waals surface area contributed by atoms with E-state index in [1.807, 2.05) is 54.6 Å². The normalized spacial score (nSPS) is 17.5. The van der Waals surface area contributed by atoms with Gasteiger partial charge in [0.2, 0.25) is 5.69 Å². The summed E-state index contributed by atoms with van der Waals surface area (Å²) in [5.41, 5.74) is 6.21. The zero-order chi connectivity index (χ0) is 37.4. The molecule has 2 aliphatic heterocycles. The smallest absolute Gasteiger partial charge is 0.264 e. The van der Waals surface area contributed by atoms with Crippen LogP contribution in [0.2, 0.25) is 0 Å². The summed E-state index contributed by atoms with van der Waals surface area (Å²) in [6.07, 6.45) is 16.3. The van der Waals surface area contributed by atoms with E-state index in [1.54, 1.807) is 0 Å². The van der Waals surface area contributed by atoms with Gasteiger partial charge in [0, 0.05) is 70.2 Å². The minimum atomic E-state index is -4.04. The topological polar surface area (TPSA) is 138 Å². The molecular formula is C38H45N2O9S3+. The number of hydrogen-bond acceptors (Lipinski definition) is 11. The van der Waals surface area contributed by atoms with Crippen LogP contribution in [0.4, 0.5) is 11.4 Å². The van der Waals surface area contributed by atoms with Gasteiger partial charge in [-0.2, -0.15) is 13.0 Å². The maximum atomic E-state index is 11.4. The van der Waals surface area contributed by atoms with E-state index < -0.39 is 10.1 Å². The predicted molar refractivity (Wildman–Crippen MR) is 207 cm³/mol. The van der Waals surface area contributed by atoms with Crippen LogP contribution >= 0.6 is 24.1 Å². The fourth-order valence-corrected chi connectivity index (χ4v) is 8.51. The lowest BCUT2D eigenvalue weighted by Crippen LogP contribution is -2.28. The highest BCUT2D eigenvalue weighted by atomic mass is 32.2. The molecule has 0 aromatic heterocycles. The third kappa shape index (κ3) is 9.26. The van der Waals surface area contributed by atoms with Crippen LogP contribution in [0.15, 0.2) is 108 Å². The number of rotatable bonds is 18. The molecule has 0 saturated heterocycles. The first-order chi connectivity index (χ1) is 24.9. The molecule has 2 aliphatic rings. The van der Waals surface area contributed by atoms with Gasteiger partial charge in [0.1, 0.15) is 6.54 Å². The lowest BCUT2D eigenvalue weighted by atomic mass is 9.79. The van der Waals surface area contributed by atoms with E-state index in [-0.39, 0.29) is 16.6 Å². The van der Waals surface area contributed by atoms with Crippen LogP contribution in [-0.4, -0.2) is 58.4 Å². The van der Waals surface area contributed by atoms with Gasteiger partial charge in [0.25, 0.3) is 10.1 Å². The number of allylic oxidation sites excluding steroid dienone is 8. The number of nitrogens with zero attached hydrogens (tertiary/aromatic N) is 2. The molecular weight excluding hydrogens is 725 g/mol. The van der Waals surface area contributed by atoms with E-state index in [0.29, 0.717) is 18.7 Å². The Bertz CT molecular complexity index is 2000. The van der Waals surface area contributed by atoms with Crippen molar-refractivity contribution in [2.75, 3.05) is 29.5 Å². The summed E-state index contributed by atoms with van der Waals surface area (Å²) in [5.74, 6) is 0.383. The maximum absolute atomic E-state index is 11.4. The standard InChI is InChI=1S/C38H44N2O9S3/c1-37(2)31-15-10-11-16-32(31)39(24-14-26-52(43,44)45)34(37)17-8-6-5-7-9-18-35-38(3,4)36-30-21-20-29(51-49-47-42)27-28(30)19-22-33(36)40(35)23-12-13-25-50-48-46-41/h5-11,15-22,27H,12-14,23-26H2,1-4H3,(H2-,41,42,43,44,45)/p+1. The third-order valence-corrected chi connectivity index (χ3v) is 11.4. The minimum absolute atomic E-state index is 0.281. The van der Waals surface area contributed by atoms with Crippen molar-refractivity contribution < 1.29 is 46.8 Å². The molecule has 11 nitrogen and oxygen atoms in total. The molecule has 0 aliphatic carbocycles. The molecule has 3 N–H and O–H groups in total. The largest absolute Gasteiger partial charge is 0.344 e. The van der Waals surface area contributed by atoms with Gasteiger partial charge in [0.05, 0.1) is 23.2 Å². The number of benzene rings is 3. The van der Waals surface area contributed by atoms with Gasteiger partial charge in [-0.15, -0.1) is 8.67 Å². The van der Waals surface area contributed by atoms with Gasteiger partial charge in [-0.1, -0.05) is 78.6 Å². The van der Waals surface area contributed by atoms with Crippen molar-refractivity contribution in [2.45, 2.75) is 62.7 Å². The Hall–Kier alpha value is -3.28. The summed E-state index contributed by atoms with van der Waals surface area (Å²) < 4.78 is 43.6. The molecule has 3 aromatic carbocycles. The van der Waals surface area contributed by atoms with Crippen LogP contribution in [0, 0.1) is 0 Å². The lowest BCUT2D eigenvalue weighted by Gasteiger charge is -2.27. The van der Waals surface area contributed by atoms with Crippen molar-refractivity contribution in [3.63, 3.8) is 0 Å². The Labute approximate surface area is 313 Å². The zero-order valence-corrected chi connectivity index (χ0v) is 32.0. The highest BCUT2D eigenvalue weighted by Gasteiger charge is 2.45.